The lowest BCUT2D eigenvalue weighted by atomic mass is 9.97. The number of nitrogens with one attached hydrogen (secondary N) is 1. The summed E-state index contributed by atoms with van der Waals surface area (Å²) in [7, 11) is 0. The molecule has 1 atom stereocenters. The standard InChI is InChI=1S/C30H30N2O2/c1-2-20-32-29(31-26-17-9-8-16-25(26)30(32)33)28-24-15-7-6-14-23(24)18-19-27(28)34-21-10-13-22-11-4-3-5-12-22/h3-9,11-12,14-19,29,31H,2,10,13,20-21H2,1H3. The summed E-state index contributed by atoms with van der Waals surface area (Å²) < 4.78 is 6.39. The topological polar surface area (TPSA) is 41.6 Å². The van der Waals surface area contributed by atoms with Gasteiger partial charge in [0, 0.05) is 17.8 Å². The number of hydrogen-bond donors (Lipinski definition) is 1. The molecule has 1 amide bonds. The summed E-state index contributed by atoms with van der Waals surface area (Å²) in [5.41, 5.74) is 3.93. The molecule has 1 N–H and O–H groups in total. The van der Waals surface area contributed by atoms with Gasteiger partial charge >= 0.3 is 0 Å². The smallest absolute Gasteiger partial charge is 0.257 e. The Hall–Kier alpha value is -3.79. The van der Waals surface area contributed by atoms with Crippen molar-refractivity contribution in [3.63, 3.8) is 0 Å². The predicted molar refractivity (Wildman–Crippen MR) is 138 cm³/mol. The first kappa shape index (κ1) is 22.0. The van der Waals surface area contributed by atoms with Crippen LogP contribution in [0.4, 0.5) is 5.69 Å². The number of rotatable bonds is 8. The molecule has 0 saturated heterocycles. The first-order valence-electron chi connectivity index (χ1n) is 12.1. The highest BCUT2D eigenvalue weighted by Crippen LogP contribution is 2.40. The molecule has 1 heterocycles. The largest absolute Gasteiger partial charge is 0.493 e. The molecule has 4 aromatic carbocycles. The van der Waals surface area contributed by atoms with Crippen LogP contribution >= 0.6 is 0 Å². The minimum atomic E-state index is -0.294. The second-order valence-corrected chi connectivity index (χ2v) is 8.73. The Morgan fingerprint density at radius 3 is 2.50 bits per heavy atom. The number of amides is 1. The molecule has 0 saturated carbocycles. The summed E-state index contributed by atoms with van der Waals surface area (Å²) in [6.07, 6.45) is 2.48. The van der Waals surface area contributed by atoms with Crippen LogP contribution in [0.2, 0.25) is 0 Å². The van der Waals surface area contributed by atoms with Crippen molar-refractivity contribution in [2.75, 3.05) is 18.5 Å². The minimum absolute atomic E-state index is 0.0594. The quantitative estimate of drug-likeness (QED) is 0.299. The van der Waals surface area contributed by atoms with Crippen LogP contribution in [0.25, 0.3) is 10.8 Å². The van der Waals surface area contributed by atoms with Crippen molar-refractivity contribution in [1.29, 1.82) is 0 Å². The number of nitrogens with zero attached hydrogens (tertiary/aromatic N) is 1. The molecule has 0 aromatic heterocycles. The van der Waals surface area contributed by atoms with Crippen molar-refractivity contribution in [2.24, 2.45) is 0 Å². The molecule has 1 aliphatic rings. The number of anilines is 1. The maximum Gasteiger partial charge on any atom is 0.257 e. The average Bonchev–Trinajstić information content (AvgIpc) is 2.89. The third kappa shape index (κ3) is 4.36. The first-order chi connectivity index (χ1) is 16.8. The van der Waals surface area contributed by atoms with Crippen LogP contribution in [0, 0.1) is 0 Å². The molecule has 172 valence electrons. The van der Waals surface area contributed by atoms with E-state index in [0.717, 1.165) is 52.6 Å². The van der Waals surface area contributed by atoms with E-state index in [1.165, 1.54) is 5.56 Å². The molecular weight excluding hydrogens is 420 g/mol. The van der Waals surface area contributed by atoms with Crippen molar-refractivity contribution < 1.29 is 9.53 Å². The summed E-state index contributed by atoms with van der Waals surface area (Å²) in [6, 6.07) is 30.7. The zero-order chi connectivity index (χ0) is 23.3. The summed E-state index contributed by atoms with van der Waals surface area (Å²) in [4.78, 5) is 15.4. The molecule has 34 heavy (non-hydrogen) atoms. The van der Waals surface area contributed by atoms with Crippen LogP contribution in [0.3, 0.4) is 0 Å². The maximum absolute atomic E-state index is 13.5. The van der Waals surface area contributed by atoms with Crippen LogP contribution in [-0.2, 0) is 6.42 Å². The van der Waals surface area contributed by atoms with Gasteiger partial charge in [0.15, 0.2) is 0 Å². The number of para-hydroxylation sites is 1. The van der Waals surface area contributed by atoms with Crippen LogP contribution in [0.5, 0.6) is 5.75 Å². The third-order valence-electron chi connectivity index (χ3n) is 6.40. The average molecular weight is 451 g/mol. The van der Waals surface area contributed by atoms with Gasteiger partial charge in [-0.3, -0.25) is 4.79 Å². The number of aryl methyl sites for hydroxylation is 1. The monoisotopic (exact) mass is 450 g/mol. The fraction of sp³-hybridized carbons (Fsp3) is 0.233. The SMILES string of the molecule is CCCN1C(=O)c2ccccc2NC1c1c(OCCCc2ccccc2)ccc2ccccc12. The summed E-state index contributed by atoms with van der Waals surface area (Å²) >= 11 is 0. The normalized spacial score (nSPS) is 15.1. The summed E-state index contributed by atoms with van der Waals surface area (Å²) in [5.74, 6) is 0.890. The molecule has 4 heteroatoms. The van der Waals surface area contributed by atoms with Gasteiger partial charge in [0.2, 0.25) is 0 Å². The summed E-state index contributed by atoms with van der Waals surface area (Å²) in [5, 5.41) is 5.90. The van der Waals surface area contributed by atoms with Gasteiger partial charge in [-0.15, -0.1) is 0 Å². The van der Waals surface area contributed by atoms with Crippen molar-refractivity contribution in [3.05, 3.63) is 108 Å². The Balaban J connectivity index is 1.50. The highest BCUT2D eigenvalue weighted by Gasteiger charge is 2.34. The molecule has 0 bridgehead atoms. The van der Waals surface area contributed by atoms with Gasteiger partial charge in [0.25, 0.3) is 5.91 Å². The van der Waals surface area contributed by atoms with Gasteiger partial charge in [-0.05, 0) is 53.8 Å². The van der Waals surface area contributed by atoms with Crippen LogP contribution in [-0.4, -0.2) is 24.0 Å². The van der Waals surface area contributed by atoms with Crippen molar-refractivity contribution >= 4 is 22.4 Å². The van der Waals surface area contributed by atoms with E-state index in [4.69, 9.17) is 4.74 Å². The number of benzene rings is 4. The Kier molecular flexibility index (Phi) is 6.48. The molecular formula is C30H30N2O2. The van der Waals surface area contributed by atoms with Gasteiger partial charge in [-0.25, -0.2) is 0 Å². The Bertz CT molecular complexity index is 1290. The molecule has 0 fully saturated rings. The maximum atomic E-state index is 13.5. The summed E-state index contributed by atoms with van der Waals surface area (Å²) in [6.45, 7) is 3.39. The molecule has 4 nitrogen and oxygen atoms in total. The zero-order valence-electron chi connectivity index (χ0n) is 19.5. The van der Waals surface area contributed by atoms with E-state index in [9.17, 15) is 4.79 Å². The van der Waals surface area contributed by atoms with Crippen molar-refractivity contribution in [2.45, 2.75) is 32.4 Å². The van der Waals surface area contributed by atoms with Crippen LogP contribution in [0.15, 0.2) is 91.0 Å². The Morgan fingerprint density at radius 1 is 0.882 bits per heavy atom. The fourth-order valence-electron chi connectivity index (χ4n) is 4.78. The highest BCUT2D eigenvalue weighted by molar-refractivity contribution is 6.02. The van der Waals surface area contributed by atoms with Crippen molar-refractivity contribution in [1.82, 2.24) is 4.90 Å². The molecule has 1 aliphatic heterocycles. The second-order valence-electron chi connectivity index (χ2n) is 8.73. The lowest BCUT2D eigenvalue weighted by Crippen LogP contribution is -2.43. The molecule has 4 aromatic rings. The highest BCUT2D eigenvalue weighted by atomic mass is 16.5. The number of carbonyl (C=O) groups is 1. The van der Waals surface area contributed by atoms with Gasteiger partial charge in [-0.2, -0.15) is 0 Å². The van der Waals surface area contributed by atoms with E-state index in [2.05, 4.69) is 60.8 Å². The van der Waals surface area contributed by atoms with E-state index in [1.54, 1.807) is 0 Å². The lowest BCUT2D eigenvalue weighted by Gasteiger charge is -2.39. The lowest BCUT2D eigenvalue weighted by molar-refractivity contribution is 0.0682. The third-order valence-corrected chi connectivity index (χ3v) is 6.40. The molecule has 0 aliphatic carbocycles. The first-order valence-corrected chi connectivity index (χ1v) is 12.1. The number of hydrogen-bond acceptors (Lipinski definition) is 3. The van der Waals surface area contributed by atoms with Gasteiger partial charge < -0.3 is 15.0 Å². The van der Waals surface area contributed by atoms with E-state index in [1.807, 2.05) is 47.4 Å². The fourth-order valence-corrected chi connectivity index (χ4v) is 4.78. The number of fused-ring (bicyclic) bond motifs is 2. The number of carbonyl (C=O) groups excluding carboxylic acids is 1. The molecule has 5 rings (SSSR count). The predicted octanol–water partition coefficient (Wildman–Crippen LogP) is 6.83. The molecule has 0 spiro atoms. The Labute approximate surface area is 201 Å². The Morgan fingerprint density at radius 2 is 1.65 bits per heavy atom. The molecule has 0 radical (unpaired) electrons. The van der Waals surface area contributed by atoms with Crippen molar-refractivity contribution in [3.8, 4) is 5.75 Å². The van der Waals surface area contributed by atoms with Crippen LogP contribution in [0.1, 0.15) is 47.4 Å². The van der Waals surface area contributed by atoms with E-state index >= 15 is 0 Å². The minimum Gasteiger partial charge on any atom is -0.493 e. The van der Waals surface area contributed by atoms with E-state index in [0.29, 0.717) is 13.2 Å². The van der Waals surface area contributed by atoms with E-state index < -0.39 is 0 Å². The number of ether oxygens (including phenoxy) is 1. The molecule has 1 unspecified atom stereocenters. The van der Waals surface area contributed by atoms with Crippen LogP contribution < -0.4 is 10.1 Å². The van der Waals surface area contributed by atoms with E-state index in [-0.39, 0.29) is 12.1 Å². The second kappa shape index (κ2) is 10.0. The van der Waals surface area contributed by atoms with Gasteiger partial charge in [-0.1, -0.05) is 79.7 Å². The van der Waals surface area contributed by atoms with Gasteiger partial charge in [0.1, 0.15) is 11.9 Å². The zero-order valence-corrected chi connectivity index (χ0v) is 19.5. The van der Waals surface area contributed by atoms with Gasteiger partial charge in [0.05, 0.1) is 12.2 Å².